The number of allylic oxidation sites excluding steroid dienone is 3. The van der Waals surface area contributed by atoms with Crippen LogP contribution in [-0.2, 0) is 16.1 Å². The van der Waals surface area contributed by atoms with Gasteiger partial charge in [-0.15, -0.1) is 0 Å². The molecule has 0 aromatic carbocycles. The fourth-order valence-corrected chi connectivity index (χ4v) is 3.22. The zero-order valence-electron chi connectivity index (χ0n) is 17.5. The largest absolute Gasteiger partial charge is 0.309 e. The minimum atomic E-state index is -0.553. The summed E-state index contributed by atoms with van der Waals surface area (Å²) in [6, 6.07) is 1.88. The van der Waals surface area contributed by atoms with E-state index >= 15 is 0 Å². The molecule has 1 aliphatic heterocycles. The molecule has 31 heavy (non-hydrogen) atoms. The Kier molecular flexibility index (Phi) is 7.01. The van der Waals surface area contributed by atoms with Crippen molar-refractivity contribution in [2.24, 2.45) is 4.99 Å². The van der Waals surface area contributed by atoms with E-state index in [-0.39, 0.29) is 30.5 Å². The van der Waals surface area contributed by atoms with Gasteiger partial charge < -0.3 is 5.32 Å². The summed E-state index contributed by atoms with van der Waals surface area (Å²) in [5, 5.41) is 6.99. The lowest BCUT2D eigenvalue weighted by molar-refractivity contribution is -0.122. The van der Waals surface area contributed by atoms with E-state index in [4.69, 9.17) is 0 Å². The lowest BCUT2D eigenvalue weighted by Crippen LogP contribution is -2.37. The molecule has 162 valence electrons. The molecule has 9 nitrogen and oxygen atoms in total. The van der Waals surface area contributed by atoms with Crippen molar-refractivity contribution in [3.63, 3.8) is 0 Å². The van der Waals surface area contributed by atoms with Crippen molar-refractivity contribution in [2.75, 3.05) is 16.8 Å². The number of hydrogen-bond acceptors (Lipinski definition) is 6. The number of halogens is 1. The van der Waals surface area contributed by atoms with E-state index in [0.717, 1.165) is 30.7 Å². The van der Waals surface area contributed by atoms with Gasteiger partial charge in [-0.25, -0.2) is 14.1 Å². The summed E-state index contributed by atoms with van der Waals surface area (Å²) in [5.41, 5.74) is 1.86. The number of aromatic nitrogens is 4. The van der Waals surface area contributed by atoms with Crippen molar-refractivity contribution >= 4 is 35.7 Å². The maximum Gasteiger partial charge on any atom is 0.228 e. The third kappa shape index (κ3) is 5.68. The molecule has 0 aliphatic carbocycles. The number of nitrogens with zero attached hydrogens (tertiary/aromatic N) is 6. The molecule has 0 fully saturated rings. The van der Waals surface area contributed by atoms with Crippen LogP contribution in [0.3, 0.4) is 0 Å². The Morgan fingerprint density at radius 1 is 1.29 bits per heavy atom. The molecule has 3 heterocycles. The van der Waals surface area contributed by atoms with Crippen molar-refractivity contribution in [3.8, 4) is 0 Å². The molecule has 10 heteroatoms. The molecule has 1 aliphatic rings. The Morgan fingerprint density at radius 2 is 2.10 bits per heavy atom. The second kappa shape index (κ2) is 9.88. The Morgan fingerprint density at radius 3 is 2.81 bits per heavy atom. The molecule has 2 aromatic heterocycles. The predicted molar refractivity (Wildman–Crippen MR) is 116 cm³/mol. The van der Waals surface area contributed by atoms with Crippen LogP contribution in [-0.4, -0.2) is 44.8 Å². The average molecular weight is 425 g/mol. The molecule has 0 atom stereocenters. The minimum Gasteiger partial charge on any atom is -0.309 e. The summed E-state index contributed by atoms with van der Waals surface area (Å²) in [6.45, 7) is 8.15. The Bertz CT molecular complexity index is 1040. The van der Waals surface area contributed by atoms with Crippen LogP contribution in [0.15, 0.2) is 41.6 Å². The predicted octanol–water partition coefficient (Wildman–Crippen LogP) is 3.05. The number of aliphatic imine (C=N–C) groups is 1. The lowest BCUT2D eigenvalue weighted by Gasteiger charge is -2.27. The van der Waals surface area contributed by atoms with Crippen molar-refractivity contribution < 1.29 is 14.0 Å². The fourth-order valence-electron chi connectivity index (χ4n) is 3.22. The molecule has 0 saturated carbocycles. The zero-order chi connectivity index (χ0) is 22.4. The minimum absolute atomic E-state index is 0.0232. The van der Waals surface area contributed by atoms with Crippen LogP contribution in [0.4, 0.5) is 16.0 Å². The number of amides is 2. The first kappa shape index (κ1) is 22.0. The molecule has 1 N–H and O–H groups in total. The maximum atomic E-state index is 13.5. The number of fused-ring (bicyclic) bond motifs is 1. The molecule has 0 unspecified atom stereocenters. The van der Waals surface area contributed by atoms with Gasteiger partial charge in [-0.1, -0.05) is 0 Å². The van der Waals surface area contributed by atoms with E-state index in [1.807, 2.05) is 17.7 Å². The summed E-state index contributed by atoms with van der Waals surface area (Å²) in [7, 11) is 0. The topological polar surface area (TPSA) is 105 Å². The first-order valence-corrected chi connectivity index (χ1v) is 9.84. The fraction of sp³-hybridized carbons (Fsp3) is 0.333. The normalized spacial score (nSPS) is 14.2. The number of carbonyl (C=O) groups excluding carboxylic acids is 2. The summed E-state index contributed by atoms with van der Waals surface area (Å²) in [5.74, 6) is 0.0135. The number of anilines is 2. The van der Waals surface area contributed by atoms with Crippen molar-refractivity contribution in [1.29, 1.82) is 0 Å². The van der Waals surface area contributed by atoms with E-state index in [1.165, 1.54) is 18.5 Å². The van der Waals surface area contributed by atoms with Crippen LogP contribution in [0.25, 0.3) is 5.57 Å². The van der Waals surface area contributed by atoms with Gasteiger partial charge in [0.15, 0.2) is 5.82 Å². The molecule has 3 rings (SSSR count). The molecular formula is C21H24FN7O2. The summed E-state index contributed by atoms with van der Waals surface area (Å²) in [4.78, 5) is 38.2. The quantitative estimate of drug-likeness (QED) is 0.542. The molecular weight excluding hydrogens is 401 g/mol. The van der Waals surface area contributed by atoms with Gasteiger partial charge in [0, 0.05) is 32.0 Å². The second-order valence-electron chi connectivity index (χ2n) is 7.12. The highest BCUT2D eigenvalue weighted by Crippen LogP contribution is 2.22. The summed E-state index contributed by atoms with van der Waals surface area (Å²) < 4.78 is 15.3. The molecule has 0 spiro atoms. The maximum absolute atomic E-state index is 13.5. The summed E-state index contributed by atoms with van der Waals surface area (Å²) in [6.07, 6.45) is 5.99. The second-order valence-corrected chi connectivity index (χ2v) is 7.12. The van der Waals surface area contributed by atoms with Crippen LogP contribution in [0.2, 0.25) is 0 Å². The monoisotopic (exact) mass is 425 g/mol. The van der Waals surface area contributed by atoms with E-state index in [9.17, 15) is 14.0 Å². The van der Waals surface area contributed by atoms with E-state index in [1.54, 1.807) is 11.8 Å². The van der Waals surface area contributed by atoms with Crippen LogP contribution < -0.4 is 10.2 Å². The van der Waals surface area contributed by atoms with Gasteiger partial charge in [0.25, 0.3) is 0 Å². The Hall–Kier alpha value is -3.69. The molecule has 0 saturated heterocycles. The zero-order valence-corrected chi connectivity index (χ0v) is 17.5. The SMILES string of the molecule is C=N/C=C(F)\C=C(/C)c1cnc(NC(=O)CCC(=O)N2CCCn3nc(C)cc32)cn1. The van der Waals surface area contributed by atoms with Gasteiger partial charge in [0.2, 0.25) is 11.8 Å². The van der Waals surface area contributed by atoms with Gasteiger partial charge >= 0.3 is 0 Å². The number of hydrogen-bond donors (Lipinski definition) is 1. The van der Waals surface area contributed by atoms with Crippen molar-refractivity contribution in [1.82, 2.24) is 19.7 Å². The highest BCUT2D eigenvalue weighted by molar-refractivity contribution is 5.97. The van der Waals surface area contributed by atoms with Crippen molar-refractivity contribution in [2.45, 2.75) is 39.7 Å². The van der Waals surface area contributed by atoms with E-state index < -0.39 is 5.83 Å². The highest BCUT2D eigenvalue weighted by Gasteiger charge is 2.24. The third-order valence-electron chi connectivity index (χ3n) is 4.67. The molecule has 0 bridgehead atoms. The molecule has 0 radical (unpaired) electrons. The Labute approximate surface area is 179 Å². The van der Waals surface area contributed by atoms with Gasteiger partial charge in [0.1, 0.15) is 11.6 Å². The van der Waals surface area contributed by atoms with Gasteiger partial charge in [0.05, 0.1) is 30.0 Å². The van der Waals surface area contributed by atoms with Crippen LogP contribution in [0.5, 0.6) is 0 Å². The van der Waals surface area contributed by atoms with Gasteiger partial charge in [-0.2, -0.15) is 5.10 Å². The van der Waals surface area contributed by atoms with E-state index in [0.29, 0.717) is 17.8 Å². The average Bonchev–Trinajstić information content (AvgIpc) is 3.12. The van der Waals surface area contributed by atoms with Crippen LogP contribution in [0, 0.1) is 6.92 Å². The first-order valence-electron chi connectivity index (χ1n) is 9.84. The molecule has 2 amide bonds. The Balaban J connectivity index is 1.54. The van der Waals surface area contributed by atoms with Gasteiger partial charge in [-0.05, 0) is 38.6 Å². The van der Waals surface area contributed by atoms with E-state index in [2.05, 4.69) is 32.1 Å². The number of nitrogens with one attached hydrogen (secondary N) is 1. The number of aryl methyl sites for hydroxylation is 2. The number of carbonyl (C=O) groups is 2. The molecule has 2 aromatic rings. The first-order chi connectivity index (χ1) is 14.9. The standard InChI is InChI=1S/C21H24FN7O2/c1-14(9-16(22)11-23-3)17-12-25-18(13-24-17)26-19(30)5-6-21(31)28-7-4-8-29-20(28)10-15(2)27-29/h9-13H,3-8H2,1-2H3,(H,25,26,30)/b14-9+,16-11+. The number of rotatable bonds is 7. The van der Waals surface area contributed by atoms with Gasteiger partial charge in [-0.3, -0.25) is 24.5 Å². The lowest BCUT2D eigenvalue weighted by atomic mass is 10.2. The summed E-state index contributed by atoms with van der Waals surface area (Å²) >= 11 is 0. The van der Waals surface area contributed by atoms with Crippen LogP contribution in [0.1, 0.15) is 37.6 Å². The smallest absolute Gasteiger partial charge is 0.228 e. The van der Waals surface area contributed by atoms with Crippen molar-refractivity contribution in [3.05, 3.63) is 48.0 Å². The third-order valence-corrected chi connectivity index (χ3v) is 4.67. The highest BCUT2D eigenvalue weighted by atomic mass is 19.1. The van der Waals surface area contributed by atoms with Crippen LogP contribution >= 0.6 is 0 Å².